The van der Waals surface area contributed by atoms with Crippen LogP contribution in [0.15, 0.2) is 24.3 Å². The van der Waals surface area contributed by atoms with Crippen molar-refractivity contribution in [2.45, 2.75) is 56.7 Å². The summed E-state index contributed by atoms with van der Waals surface area (Å²) >= 11 is 0. The van der Waals surface area contributed by atoms with Gasteiger partial charge in [0, 0.05) is 25.2 Å². The van der Waals surface area contributed by atoms with E-state index in [2.05, 4.69) is 5.32 Å². The van der Waals surface area contributed by atoms with Gasteiger partial charge in [0.05, 0.1) is 5.92 Å². The van der Waals surface area contributed by atoms with Gasteiger partial charge in [0.1, 0.15) is 5.82 Å². The maximum absolute atomic E-state index is 13.9. The zero-order valence-electron chi connectivity index (χ0n) is 12.7. The van der Waals surface area contributed by atoms with Gasteiger partial charge in [-0.25, -0.2) is 4.39 Å². The van der Waals surface area contributed by atoms with E-state index in [1.807, 2.05) is 11.9 Å². The number of rotatable bonds is 3. The molecular weight excluding hydrogens is 267 g/mol. The summed E-state index contributed by atoms with van der Waals surface area (Å²) in [6.45, 7) is 1.80. The number of hydrogen-bond acceptors (Lipinski definition) is 2. The van der Waals surface area contributed by atoms with Crippen LogP contribution < -0.4 is 5.32 Å². The topological polar surface area (TPSA) is 32.3 Å². The molecule has 1 aromatic carbocycles. The summed E-state index contributed by atoms with van der Waals surface area (Å²) in [6, 6.07) is 7.95. The van der Waals surface area contributed by atoms with Crippen LogP contribution in [0.1, 0.15) is 44.1 Å². The molecule has 3 rings (SSSR count). The Bertz CT molecular complexity index is 521. The fourth-order valence-electron chi connectivity index (χ4n) is 3.79. The maximum atomic E-state index is 13.9. The lowest BCUT2D eigenvalue weighted by Crippen LogP contribution is -2.49. The second-order valence-electron chi connectivity index (χ2n) is 6.46. The predicted octanol–water partition coefficient (Wildman–Crippen LogP) is 2.67. The lowest BCUT2D eigenvalue weighted by Gasteiger charge is -2.36. The van der Waals surface area contributed by atoms with Crippen molar-refractivity contribution in [2.24, 2.45) is 0 Å². The molecule has 2 fully saturated rings. The zero-order chi connectivity index (χ0) is 15.0. The first-order chi connectivity index (χ1) is 10.1. The number of hydrogen-bond donors (Lipinski definition) is 1. The normalized spacial score (nSPS) is 29.2. The van der Waals surface area contributed by atoms with Crippen LogP contribution in [-0.4, -0.2) is 36.0 Å². The fourth-order valence-corrected chi connectivity index (χ4v) is 3.79. The molecule has 21 heavy (non-hydrogen) atoms. The van der Waals surface area contributed by atoms with Crippen LogP contribution in [0.3, 0.4) is 0 Å². The van der Waals surface area contributed by atoms with Crippen LogP contribution in [0.2, 0.25) is 0 Å². The first-order valence-electron chi connectivity index (χ1n) is 7.83. The number of nitrogens with one attached hydrogen (secondary N) is 1. The van der Waals surface area contributed by atoms with Gasteiger partial charge in [-0.05, 0) is 44.2 Å². The Hall–Kier alpha value is -1.42. The summed E-state index contributed by atoms with van der Waals surface area (Å²) in [6.07, 6.45) is 4.46. The zero-order valence-corrected chi connectivity index (χ0v) is 12.7. The number of carbonyl (C=O) groups excluding carboxylic acids is 1. The van der Waals surface area contributed by atoms with Crippen LogP contribution in [0.4, 0.5) is 4.39 Å². The Kier molecular flexibility index (Phi) is 3.98. The largest absolute Gasteiger partial charge is 0.342 e. The third-order valence-corrected chi connectivity index (χ3v) is 5.09. The summed E-state index contributed by atoms with van der Waals surface area (Å²) in [7, 11) is 1.87. The lowest BCUT2D eigenvalue weighted by atomic mass is 9.95. The minimum Gasteiger partial charge on any atom is -0.342 e. The highest BCUT2D eigenvalue weighted by Gasteiger charge is 2.37. The highest BCUT2D eigenvalue weighted by molar-refractivity contribution is 5.83. The Balaban J connectivity index is 1.71. The summed E-state index contributed by atoms with van der Waals surface area (Å²) in [5.41, 5.74) is 0.492. The van der Waals surface area contributed by atoms with Crippen LogP contribution in [0.25, 0.3) is 0 Å². The van der Waals surface area contributed by atoms with Crippen molar-refractivity contribution in [3.8, 4) is 0 Å². The Morgan fingerprint density at radius 2 is 1.90 bits per heavy atom. The minimum atomic E-state index is -0.427. The van der Waals surface area contributed by atoms with E-state index in [9.17, 15) is 9.18 Å². The third-order valence-electron chi connectivity index (χ3n) is 5.09. The van der Waals surface area contributed by atoms with Gasteiger partial charge < -0.3 is 10.2 Å². The molecule has 4 heteroatoms. The molecule has 3 unspecified atom stereocenters. The molecule has 0 saturated carbocycles. The van der Waals surface area contributed by atoms with E-state index in [0.717, 1.165) is 12.8 Å². The van der Waals surface area contributed by atoms with Gasteiger partial charge in [0.2, 0.25) is 5.91 Å². The average Bonchev–Trinajstić information content (AvgIpc) is 2.84. The van der Waals surface area contributed by atoms with Crippen molar-refractivity contribution in [3.05, 3.63) is 35.6 Å². The van der Waals surface area contributed by atoms with Crippen molar-refractivity contribution >= 4 is 5.91 Å². The van der Waals surface area contributed by atoms with Gasteiger partial charge in [-0.2, -0.15) is 0 Å². The molecule has 0 aromatic heterocycles. The molecule has 114 valence electrons. The first kappa shape index (κ1) is 14.5. The van der Waals surface area contributed by atoms with Gasteiger partial charge in [-0.15, -0.1) is 0 Å². The third kappa shape index (κ3) is 2.82. The van der Waals surface area contributed by atoms with E-state index in [1.165, 1.54) is 18.9 Å². The van der Waals surface area contributed by atoms with Crippen molar-refractivity contribution < 1.29 is 9.18 Å². The van der Waals surface area contributed by atoms with Gasteiger partial charge in [-0.3, -0.25) is 4.79 Å². The van der Waals surface area contributed by atoms with E-state index < -0.39 is 5.92 Å². The van der Waals surface area contributed by atoms with Gasteiger partial charge in [0.25, 0.3) is 0 Å². The molecule has 2 aliphatic heterocycles. The quantitative estimate of drug-likeness (QED) is 0.928. The van der Waals surface area contributed by atoms with E-state index in [4.69, 9.17) is 0 Å². The molecule has 1 amide bonds. The summed E-state index contributed by atoms with van der Waals surface area (Å²) in [5.74, 6) is -0.702. The molecule has 2 saturated heterocycles. The molecule has 3 nitrogen and oxygen atoms in total. The molecule has 1 N–H and O–H groups in total. The molecule has 0 spiro atoms. The summed E-state index contributed by atoms with van der Waals surface area (Å²) in [4.78, 5) is 14.5. The minimum absolute atomic E-state index is 0.0198. The molecule has 3 atom stereocenters. The monoisotopic (exact) mass is 290 g/mol. The molecule has 2 bridgehead atoms. The molecule has 1 aromatic rings. The van der Waals surface area contributed by atoms with Crippen molar-refractivity contribution in [3.63, 3.8) is 0 Å². The second-order valence-corrected chi connectivity index (χ2v) is 6.46. The number of likely N-dealkylation sites (N-methyl/N-ethyl adjacent to an activating group) is 1. The van der Waals surface area contributed by atoms with E-state index in [1.54, 1.807) is 25.1 Å². The molecule has 0 radical (unpaired) electrons. The number of fused-ring (bicyclic) bond motifs is 2. The van der Waals surface area contributed by atoms with Gasteiger partial charge in [-0.1, -0.05) is 18.2 Å². The highest BCUT2D eigenvalue weighted by Crippen LogP contribution is 2.31. The van der Waals surface area contributed by atoms with E-state index >= 15 is 0 Å². The van der Waals surface area contributed by atoms with Crippen LogP contribution in [0.5, 0.6) is 0 Å². The number of carbonyl (C=O) groups is 1. The standard InChI is InChI=1S/C17H23FN2O/c1-11(15-5-3-4-6-16(15)18)17(21)20(2)14-9-12-7-8-13(10-14)19-12/h3-6,11-14,19H,7-10H2,1-2H3. The number of piperidine rings is 1. The van der Waals surface area contributed by atoms with E-state index in [0.29, 0.717) is 17.6 Å². The van der Waals surface area contributed by atoms with Crippen molar-refractivity contribution in [1.29, 1.82) is 0 Å². The van der Waals surface area contributed by atoms with Crippen LogP contribution in [-0.2, 0) is 4.79 Å². The number of amides is 1. The van der Waals surface area contributed by atoms with E-state index in [-0.39, 0.29) is 17.8 Å². The molecular formula is C17H23FN2O. The van der Waals surface area contributed by atoms with Gasteiger partial charge >= 0.3 is 0 Å². The van der Waals surface area contributed by atoms with Crippen LogP contribution >= 0.6 is 0 Å². The Labute approximate surface area is 125 Å². The van der Waals surface area contributed by atoms with Crippen molar-refractivity contribution in [1.82, 2.24) is 10.2 Å². The number of benzene rings is 1. The summed E-state index contributed by atoms with van der Waals surface area (Å²) in [5, 5.41) is 3.59. The van der Waals surface area contributed by atoms with Gasteiger partial charge in [0.15, 0.2) is 0 Å². The molecule has 2 heterocycles. The molecule has 0 aliphatic carbocycles. The number of nitrogens with zero attached hydrogens (tertiary/aromatic N) is 1. The maximum Gasteiger partial charge on any atom is 0.229 e. The second kappa shape index (κ2) is 5.76. The number of halogens is 1. The Morgan fingerprint density at radius 1 is 1.29 bits per heavy atom. The smallest absolute Gasteiger partial charge is 0.229 e. The highest BCUT2D eigenvalue weighted by atomic mass is 19.1. The fraction of sp³-hybridized carbons (Fsp3) is 0.588. The summed E-state index contributed by atoms with van der Waals surface area (Å²) < 4.78 is 13.9. The molecule has 2 aliphatic rings. The van der Waals surface area contributed by atoms with Crippen molar-refractivity contribution in [2.75, 3.05) is 7.05 Å². The van der Waals surface area contributed by atoms with Crippen LogP contribution in [0, 0.1) is 5.82 Å². The average molecular weight is 290 g/mol. The first-order valence-corrected chi connectivity index (χ1v) is 7.83. The Morgan fingerprint density at radius 3 is 2.52 bits per heavy atom. The predicted molar refractivity (Wildman–Crippen MR) is 80.6 cm³/mol. The lowest BCUT2D eigenvalue weighted by molar-refractivity contribution is -0.134. The SMILES string of the molecule is CC(C(=O)N(C)C1CC2CCC(C1)N2)c1ccccc1F.